The van der Waals surface area contributed by atoms with Crippen LogP contribution in [0, 0.1) is 13.8 Å². The number of Topliss-reactive ketones (excluding diaryl/α,β-unsaturated/α-hetero) is 1. The fourth-order valence-electron chi connectivity index (χ4n) is 2.87. The Morgan fingerprint density at radius 2 is 1.44 bits per heavy atom. The average Bonchev–Trinajstić information content (AvgIpc) is 2.66. The number of ether oxygens (including phenoxy) is 1. The molecule has 0 unspecified atom stereocenters. The van der Waals surface area contributed by atoms with Crippen molar-refractivity contribution in [2.75, 3.05) is 6.61 Å². The molecular formula is C23H20O4. The standard InChI is InChI=1S/C23H20O4/c1-15-3-12-21(16(2)13-15)22(25)14-27-23(26)19-6-4-17(5-7-19)18-8-10-20(24)11-9-18/h3-13,24H,14H2,1-2H3. The van der Waals surface area contributed by atoms with E-state index in [1.807, 2.05) is 26.0 Å². The molecule has 27 heavy (non-hydrogen) atoms. The monoisotopic (exact) mass is 360 g/mol. The Kier molecular flexibility index (Phi) is 5.36. The maximum absolute atomic E-state index is 12.3. The van der Waals surface area contributed by atoms with E-state index in [0.717, 1.165) is 22.3 Å². The first-order valence-corrected chi connectivity index (χ1v) is 8.61. The number of hydrogen-bond donors (Lipinski definition) is 1. The first-order valence-electron chi connectivity index (χ1n) is 8.61. The smallest absolute Gasteiger partial charge is 0.338 e. The Hall–Kier alpha value is -3.40. The molecular weight excluding hydrogens is 340 g/mol. The Morgan fingerprint density at radius 1 is 0.852 bits per heavy atom. The number of phenols is 1. The summed E-state index contributed by atoms with van der Waals surface area (Å²) >= 11 is 0. The zero-order chi connectivity index (χ0) is 19.4. The van der Waals surface area contributed by atoms with Crippen LogP contribution in [0.1, 0.15) is 31.8 Å². The van der Waals surface area contributed by atoms with Gasteiger partial charge in [0.25, 0.3) is 0 Å². The van der Waals surface area contributed by atoms with E-state index >= 15 is 0 Å². The van der Waals surface area contributed by atoms with Gasteiger partial charge in [0.05, 0.1) is 5.56 Å². The van der Waals surface area contributed by atoms with E-state index in [-0.39, 0.29) is 18.1 Å². The van der Waals surface area contributed by atoms with Gasteiger partial charge in [-0.25, -0.2) is 4.79 Å². The van der Waals surface area contributed by atoms with Gasteiger partial charge in [0, 0.05) is 5.56 Å². The molecule has 0 aliphatic rings. The molecule has 0 aromatic heterocycles. The molecule has 0 aliphatic carbocycles. The molecule has 4 nitrogen and oxygen atoms in total. The number of aryl methyl sites for hydroxylation is 2. The lowest BCUT2D eigenvalue weighted by Crippen LogP contribution is -2.15. The fraction of sp³-hybridized carbons (Fsp3) is 0.130. The number of phenolic OH excluding ortho intramolecular Hbond substituents is 1. The van der Waals surface area contributed by atoms with E-state index in [1.54, 1.807) is 54.6 Å². The van der Waals surface area contributed by atoms with Crippen molar-refractivity contribution in [3.63, 3.8) is 0 Å². The SMILES string of the molecule is Cc1ccc(C(=O)COC(=O)c2ccc(-c3ccc(O)cc3)cc2)c(C)c1. The van der Waals surface area contributed by atoms with Crippen LogP contribution in [-0.4, -0.2) is 23.5 Å². The Balaban J connectivity index is 1.64. The topological polar surface area (TPSA) is 63.6 Å². The zero-order valence-corrected chi connectivity index (χ0v) is 15.2. The lowest BCUT2D eigenvalue weighted by atomic mass is 10.0. The molecule has 3 rings (SSSR count). The molecule has 0 saturated carbocycles. The van der Waals surface area contributed by atoms with Gasteiger partial charge < -0.3 is 9.84 Å². The minimum atomic E-state index is -0.537. The van der Waals surface area contributed by atoms with Crippen LogP contribution in [0.3, 0.4) is 0 Å². The third kappa shape index (κ3) is 4.42. The van der Waals surface area contributed by atoms with Gasteiger partial charge in [-0.3, -0.25) is 4.79 Å². The number of ketones is 1. The van der Waals surface area contributed by atoms with E-state index in [9.17, 15) is 14.7 Å². The quantitative estimate of drug-likeness (QED) is 0.528. The zero-order valence-electron chi connectivity index (χ0n) is 15.2. The van der Waals surface area contributed by atoms with Crippen LogP contribution in [-0.2, 0) is 4.74 Å². The van der Waals surface area contributed by atoms with Gasteiger partial charge in [-0.05, 0) is 54.8 Å². The van der Waals surface area contributed by atoms with Crippen molar-refractivity contribution in [1.82, 2.24) is 0 Å². The number of aromatic hydroxyl groups is 1. The highest BCUT2D eigenvalue weighted by molar-refractivity contribution is 6.00. The molecule has 0 amide bonds. The first-order chi connectivity index (χ1) is 12.9. The number of benzene rings is 3. The van der Waals surface area contributed by atoms with Gasteiger partial charge in [0.1, 0.15) is 5.75 Å². The van der Waals surface area contributed by atoms with Crippen LogP contribution in [0.4, 0.5) is 0 Å². The summed E-state index contributed by atoms with van der Waals surface area (Å²) in [6, 6.07) is 19.3. The molecule has 0 spiro atoms. The van der Waals surface area contributed by atoms with Crippen molar-refractivity contribution in [1.29, 1.82) is 0 Å². The summed E-state index contributed by atoms with van der Waals surface area (Å²) in [5, 5.41) is 9.35. The van der Waals surface area contributed by atoms with Crippen LogP contribution in [0.25, 0.3) is 11.1 Å². The molecule has 0 aliphatic heterocycles. The van der Waals surface area contributed by atoms with Crippen molar-refractivity contribution in [2.24, 2.45) is 0 Å². The van der Waals surface area contributed by atoms with Crippen molar-refractivity contribution >= 4 is 11.8 Å². The summed E-state index contributed by atoms with van der Waals surface area (Å²) in [7, 11) is 0. The summed E-state index contributed by atoms with van der Waals surface area (Å²) in [6.07, 6.45) is 0. The van der Waals surface area contributed by atoms with Crippen LogP contribution in [0.5, 0.6) is 5.75 Å². The van der Waals surface area contributed by atoms with E-state index in [0.29, 0.717) is 11.1 Å². The molecule has 0 radical (unpaired) electrons. The van der Waals surface area contributed by atoms with Crippen molar-refractivity contribution in [3.8, 4) is 16.9 Å². The van der Waals surface area contributed by atoms with E-state index < -0.39 is 5.97 Å². The average molecular weight is 360 g/mol. The minimum absolute atomic E-state index is 0.201. The Morgan fingerprint density at radius 3 is 2.04 bits per heavy atom. The molecule has 4 heteroatoms. The largest absolute Gasteiger partial charge is 0.508 e. The highest BCUT2D eigenvalue weighted by Gasteiger charge is 2.14. The third-order valence-corrected chi connectivity index (χ3v) is 4.34. The second kappa shape index (κ2) is 7.87. The van der Waals surface area contributed by atoms with Crippen LogP contribution < -0.4 is 0 Å². The number of hydrogen-bond acceptors (Lipinski definition) is 4. The lowest BCUT2D eigenvalue weighted by molar-refractivity contribution is 0.0474. The Bertz CT molecular complexity index is 970. The summed E-state index contributed by atoms with van der Waals surface area (Å²) in [6.45, 7) is 3.54. The highest BCUT2D eigenvalue weighted by atomic mass is 16.5. The summed E-state index contributed by atoms with van der Waals surface area (Å²) < 4.78 is 5.17. The number of esters is 1. The molecule has 0 bridgehead atoms. The molecule has 3 aromatic rings. The van der Waals surface area contributed by atoms with E-state index in [1.165, 1.54) is 0 Å². The predicted octanol–water partition coefficient (Wildman–Crippen LogP) is 4.72. The van der Waals surface area contributed by atoms with Crippen molar-refractivity contribution in [2.45, 2.75) is 13.8 Å². The minimum Gasteiger partial charge on any atom is -0.508 e. The molecule has 0 fully saturated rings. The summed E-state index contributed by atoms with van der Waals surface area (Å²) in [5.41, 5.74) is 4.74. The molecule has 0 atom stereocenters. The molecule has 3 aromatic carbocycles. The number of carbonyl (C=O) groups is 2. The van der Waals surface area contributed by atoms with E-state index in [4.69, 9.17) is 4.74 Å². The van der Waals surface area contributed by atoms with Gasteiger partial charge in [-0.2, -0.15) is 0 Å². The second-order valence-electron chi connectivity index (χ2n) is 6.44. The third-order valence-electron chi connectivity index (χ3n) is 4.34. The maximum Gasteiger partial charge on any atom is 0.338 e. The number of rotatable bonds is 5. The van der Waals surface area contributed by atoms with Gasteiger partial charge in [-0.15, -0.1) is 0 Å². The van der Waals surface area contributed by atoms with Crippen LogP contribution in [0.15, 0.2) is 66.7 Å². The second-order valence-corrected chi connectivity index (χ2v) is 6.44. The van der Waals surface area contributed by atoms with Gasteiger partial charge in [0.2, 0.25) is 5.78 Å². The fourth-order valence-corrected chi connectivity index (χ4v) is 2.87. The predicted molar refractivity (Wildman–Crippen MR) is 104 cm³/mol. The molecule has 0 saturated heterocycles. The van der Waals surface area contributed by atoms with Gasteiger partial charge in [-0.1, -0.05) is 48.0 Å². The van der Waals surface area contributed by atoms with Crippen molar-refractivity contribution in [3.05, 3.63) is 89.0 Å². The van der Waals surface area contributed by atoms with Crippen molar-refractivity contribution < 1.29 is 19.4 Å². The van der Waals surface area contributed by atoms with E-state index in [2.05, 4.69) is 0 Å². The normalized spacial score (nSPS) is 10.4. The van der Waals surface area contributed by atoms with Gasteiger partial charge in [0.15, 0.2) is 6.61 Å². The van der Waals surface area contributed by atoms with Gasteiger partial charge >= 0.3 is 5.97 Å². The summed E-state index contributed by atoms with van der Waals surface area (Å²) in [5.74, 6) is -0.556. The molecule has 1 N–H and O–H groups in total. The Labute approximate surface area is 158 Å². The molecule has 136 valence electrons. The molecule has 0 heterocycles. The highest BCUT2D eigenvalue weighted by Crippen LogP contribution is 2.22. The summed E-state index contributed by atoms with van der Waals surface area (Å²) in [4.78, 5) is 24.5. The first kappa shape index (κ1) is 18.4. The lowest BCUT2D eigenvalue weighted by Gasteiger charge is -2.08. The van der Waals surface area contributed by atoms with Crippen LogP contribution in [0.2, 0.25) is 0 Å². The maximum atomic E-state index is 12.3. The number of carbonyl (C=O) groups excluding carboxylic acids is 2. The van der Waals surface area contributed by atoms with Crippen LogP contribution >= 0.6 is 0 Å².